The molecule has 5 nitrogen and oxygen atoms in total. The number of ether oxygens (including phenoxy) is 2. The van der Waals surface area contributed by atoms with E-state index in [0.29, 0.717) is 11.5 Å². The third-order valence-corrected chi connectivity index (χ3v) is 7.52. The van der Waals surface area contributed by atoms with Crippen LogP contribution in [0.5, 0.6) is 5.75 Å². The molecule has 0 unspecified atom stereocenters. The second-order valence-electron chi connectivity index (χ2n) is 10.1. The van der Waals surface area contributed by atoms with Crippen LogP contribution in [-0.2, 0) is 16.1 Å². The predicted molar refractivity (Wildman–Crippen MR) is 126 cm³/mol. The van der Waals surface area contributed by atoms with Crippen molar-refractivity contribution in [1.29, 1.82) is 0 Å². The summed E-state index contributed by atoms with van der Waals surface area (Å²) in [5, 5.41) is 1.07. The van der Waals surface area contributed by atoms with Gasteiger partial charge in [0, 0.05) is 29.5 Å². The first-order valence-electron chi connectivity index (χ1n) is 11.3. The minimum absolute atomic E-state index is 0.00734. The zero-order valence-corrected chi connectivity index (χ0v) is 20.6. The van der Waals surface area contributed by atoms with E-state index in [1.807, 2.05) is 12.1 Å². The number of carbonyl (C=O) groups is 1. The van der Waals surface area contributed by atoms with Crippen LogP contribution in [-0.4, -0.2) is 42.2 Å². The summed E-state index contributed by atoms with van der Waals surface area (Å²) in [4.78, 5) is 18.6. The van der Waals surface area contributed by atoms with Crippen molar-refractivity contribution in [1.82, 2.24) is 9.88 Å². The van der Waals surface area contributed by atoms with Gasteiger partial charge in [0.15, 0.2) is 0 Å². The van der Waals surface area contributed by atoms with E-state index in [-0.39, 0.29) is 11.9 Å². The van der Waals surface area contributed by atoms with Gasteiger partial charge < -0.3 is 9.47 Å². The maximum Gasteiger partial charge on any atom is 0.311 e. The number of hydrogen-bond donors (Lipinski definition) is 0. The Kier molecular flexibility index (Phi) is 6.59. The van der Waals surface area contributed by atoms with E-state index >= 15 is 0 Å². The Morgan fingerprint density at radius 1 is 1.16 bits per heavy atom. The number of benzene rings is 1. The lowest BCUT2D eigenvalue weighted by atomic mass is 9.72. The van der Waals surface area contributed by atoms with Gasteiger partial charge in [-0.15, -0.1) is 0 Å². The number of halogens is 1. The normalized spacial score (nSPS) is 22.9. The van der Waals surface area contributed by atoms with Crippen LogP contribution in [0.25, 0.3) is 10.9 Å². The highest BCUT2D eigenvalue weighted by atomic mass is 79.9. The predicted octanol–water partition coefficient (Wildman–Crippen LogP) is 5.59. The molecule has 1 aromatic heterocycles. The Balaban J connectivity index is 1.38. The molecular weight excluding hydrogens is 456 g/mol. The lowest BCUT2D eigenvalue weighted by molar-refractivity contribution is -0.151. The van der Waals surface area contributed by atoms with E-state index < -0.39 is 0 Å². The zero-order chi connectivity index (χ0) is 22.2. The van der Waals surface area contributed by atoms with Crippen LogP contribution in [0.15, 0.2) is 28.7 Å². The highest BCUT2D eigenvalue weighted by Crippen LogP contribution is 2.39. The molecule has 1 saturated carbocycles. The van der Waals surface area contributed by atoms with Crippen molar-refractivity contribution >= 4 is 32.8 Å². The van der Waals surface area contributed by atoms with Gasteiger partial charge in [0.25, 0.3) is 0 Å². The molecule has 0 N–H and O–H groups in total. The molecule has 31 heavy (non-hydrogen) atoms. The third kappa shape index (κ3) is 5.23. The maximum atomic E-state index is 11.6. The average Bonchev–Trinajstić information content (AvgIpc) is 2.70. The second kappa shape index (κ2) is 9.07. The Morgan fingerprint density at radius 2 is 1.87 bits per heavy atom. The van der Waals surface area contributed by atoms with Gasteiger partial charge in [0.05, 0.1) is 30.3 Å². The van der Waals surface area contributed by atoms with Gasteiger partial charge in [-0.3, -0.25) is 14.7 Å². The monoisotopic (exact) mass is 488 g/mol. The van der Waals surface area contributed by atoms with E-state index in [2.05, 4.69) is 53.7 Å². The van der Waals surface area contributed by atoms with E-state index in [0.717, 1.165) is 65.2 Å². The molecule has 0 spiro atoms. The van der Waals surface area contributed by atoms with Gasteiger partial charge in [0.2, 0.25) is 0 Å². The van der Waals surface area contributed by atoms with Crippen molar-refractivity contribution in [3.8, 4) is 5.75 Å². The fraction of sp³-hybridized carbons (Fsp3) is 0.600. The topological polar surface area (TPSA) is 51.7 Å². The van der Waals surface area contributed by atoms with Crippen molar-refractivity contribution in [3.05, 3.63) is 34.4 Å². The Hall–Kier alpha value is -1.66. The molecule has 6 heteroatoms. The maximum absolute atomic E-state index is 11.6. The summed E-state index contributed by atoms with van der Waals surface area (Å²) in [6.45, 7) is 9.24. The van der Waals surface area contributed by atoms with Gasteiger partial charge >= 0.3 is 5.97 Å². The number of methoxy groups -OCH3 is 1. The quantitative estimate of drug-likeness (QED) is 0.513. The number of rotatable bonds is 5. The number of carbonyl (C=O) groups excluding carboxylic acids is 1. The van der Waals surface area contributed by atoms with Crippen LogP contribution in [0.3, 0.4) is 0 Å². The summed E-state index contributed by atoms with van der Waals surface area (Å²) in [6, 6.07) is 8.26. The zero-order valence-electron chi connectivity index (χ0n) is 19.0. The third-order valence-electron chi connectivity index (χ3n) is 6.86. The van der Waals surface area contributed by atoms with Gasteiger partial charge in [-0.25, -0.2) is 0 Å². The molecular formula is C25H33BrN2O3. The summed E-state index contributed by atoms with van der Waals surface area (Å²) in [7, 11) is 1.45. The standard InChI is InChI=1S/C25H33BrN2O3/c1-25(2,3)17-5-7-19(8-6-17)31-20-9-10-23-21(12-20)22(26)11-18(27-23)15-28-13-16(14-28)24(29)30-4/h9-12,16-17,19H,5-8,13-15H2,1-4H3. The number of fused-ring (bicyclic) bond motifs is 1. The molecule has 1 saturated heterocycles. The summed E-state index contributed by atoms with van der Waals surface area (Å²) < 4.78 is 12.2. The van der Waals surface area contributed by atoms with Gasteiger partial charge in [-0.1, -0.05) is 36.7 Å². The van der Waals surface area contributed by atoms with Crippen LogP contribution in [0.1, 0.15) is 52.1 Å². The number of aromatic nitrogens is 1. The molecule has 0 radical (unpaired) electrons. The molecule has 2 aliphatic rings. The summed E-state index contributed by atoms with van der Waals surface area (Å²) >= 11 is 3.72. The van der Waals surface area contributed by atoms with E-state index in [1.165, 1.54) is 20.0 Å². The smallest absolute Gasteiger partial charge is 0.311 e. The van der Waals surface area contributed by atoms with Crippen LogP contribution in [0.4, 0.5) is 0 Å². The first-order valence-corrected chi connectivity index (χ1v) is 12.1. The average molecular weight is 489 g/mol. The molecule has 2 fully saturated rings. The van der Waals surface area contributed by atoms with Crippen molar-refractivity contribution in [2.75, 3.05) is 20.2 Å². The van der Waals surface area contributed by atoms with Crippen molar-refractivity contribution < 1.29 is 14.3 Å². The van der Waals surface area contributed by atoms with Crippen LogP contribution < -0.4 is 4.74 Å². The van der Waals surface area contributed by atoms with Crippen LogP contribution in [0, 0.1) is 17.3 Å². The molecule has 1 aliphatic carbocycles. The number of likely N-dealkylation sites (tertiary alicyclic amines) is 1. The van der Waals surface area contributed by atoms with E-state index in [4.69, 9.17) is 14.5 Å². The fourth-order valence-electron chi connectivity index (χ4n) is 4.85. The fourth-order valence-corrected chi connectivity index (χ4v) is 5.43. The molecule has 0 amide bonds. The second-order valence-corrected chi connectivity index (χ2v) is 11.0. The first-order chi connectivity index (χ1) is 14.7. The molecule has 2 heterocycles. The molecule has 1 aromatic carbocycles. The van der Waals surface area contributed by atoms with Gasteiger partial charge in [-0.2, -0.15) is 0 Å². The van der Waals surface area contributed by atoms with Crippen molar-refractivity contribution in [3.63, 3.8) is 0 Å². The number of esters is 1. The minimum Gasteiger partial charge on any atom is -0.490 e. The molecule has 4 rings (SSSR count). The summed E-state index contributed by atoms with van der Waals surface area (Å²) in [6.07, 6.45) is 5.03. The molecule has 168 valence electrons. The van der Waals surface area contributed by atoms with E-state index in [9.17, 15) is 4.79 Å². The minimum atomic E-state index is -0.122. The highest BCUT2D eigenvalue weighted by molar-refractivity contribution is 9.10. The van der Waals surface area contributed by atoms with Gasteiger partial charge in [0.1, 0.15) is 5.75 Å². The number of pyridine rings is 1. The molecule has 0 atom stereocenters. The first kappa shape index (κ1) is 22.5. The molecule has 0 bridgehead atoms. The van der Waals surface area contributed by atoms with Crippen LogP contribution in [0.2, 0.25) is 0 Å². The largest absolute Gasteiger partial charge is 0.490 e. The lowest BCUT2D eigenvalue weighted by Crippen LogP contribution is -2.50. The SMILES string of the molecule is COC(=O)C1CN(Cc2cc(Br)c3cc(OC4CCC(C(C)(C)C)CC4)ccc3n2)C1. The Labute approximate surface area is 193 Å². The van der Waals surface area contributed by atoms with Gasteiger partial charge in [-0.05, 0) is 61.3 Å². The number of hydrogen-bond acceptors (Lipinski definition) is 5. The lowest BCUT2D eigenvalue weighted by Gasteiger charge is -2.37. The Bertz CT molecular complexity index is 942. The summed E-state index contributed by atoms with van der Waals surface area (Å²) in [5.74, 6) is 1.58. The molecule has 2 aromatic rings. The highest BCUT2D eigenvalue weighted by Gasteiger charge is 2.33. The molecule has 1 aliphatic heterocycles. The van der Waals surface area contributed by atoms with Crippen LogP contribution >= 0.6 is 15.9 Å². The number of nitrogens with zero attached hydrogens (tertiary/aromatic N) is 2. The van der Waals surface area contributed by atoms with Crippen molar-refractivity contribution in [2.45, 2.75) is 59.1 Å². The summed E-state index contributed by atoms with van der Waals surface area (Å²) in [5.41, 5.74) is 2.34. The van der Waals surface area contributed by atoms with E-state index in [1.54, 1.807) is 0 Å². The Morgan fingerprint density at radius 3 is 2.52 bits per heavy atom. The van der Waals surface area contributed by atoms with Crippen molar-refractivity contribution in [2.24, 2.45) is 17.3 Å².